The summed E-state index contributed by atoms with van der Waals surface area (Å²) in [5, 5.41) is 135. The molecule has 3 heterocycles. The van der Waals surface area contributed by atoms with Crippen LogP contribution in [0.1, 0.15) is 194 Å². The highest BCUT2D eigenvalue weighted by Crippen LogP contribution is 2.38. The maximum atomic E-state index is 13.3. The summed E-state index contributed by atoms with van der Waals surface area (Å²) < 4.78 is 34.7. The number of carbonyl (C=O) groups excluding carboxylic acids is 2. The number of allylic oxidation sites excluding steroid dienone is 3. The van der Waals surface area contributed by atoms with E-state index in [2.05, 4.69) is 36.6 Å². The van der Waals surface area contributed by atoms with Crippen LogP contribution in [-0.2, 0) is 42.8 Å². The van der Waals surface area contributed by atoms with Gasteiger partial charge >= 0.3 is 5.97 Å². The van der Waals surface area contributed by atoms with Crippen molar-refractivity contribution in [2.24, 2.45) is 0 Å². The first-order valence-electron chi connectivity index (χ1n) is 30.7. The van der Waals surface area contributed by atoms with Crippen molar-refractivity contribution in [1.82, 2.24) is 10.6 Å². The molecular weight excluding hydrogens is 1070 g/mol. The smallest absolute Gasteiger partial charge is 0.364 e. The van der Waals surface area contributed by atoms with Crippen LogP contribution >= 0.6 is 0 Å². The van der Waals surface area contributed by atoms with Crippen LogP contribution in [0.25, 0.3) is 0 Å². The Balaban J connectivity index is 1.67. The number of carboxylic acid groups (broad SMARTS) is 1. The van der Waals surface area contributed by atoms with E-state index < -0.39 is 155 Å². The molecule has 3 aliphatic rings. The summed E-state index contributed by atoms with van der Waals surface area (Å²) in [5.74, 6) is -6.16. The quantitative estimate of drug-likeness (QED) is 0.0308. The van der Waals surface area contributed by atoms with Crippen LogP contribution in [0, 0.1) is 0 Å². The Morgan fingerprint density at radius 2 is 1.15 bits per heavy atom. The molecule has 0 radical (unpaired) electrons. The van der Waals surface area contributed by atoms with Crippen LogP contribution in [-0.4, -0.2) is 215 Å². The summed E-state index contributed by atoms with van der Waals surface area (Å²) in [4.78, 5) is 38.3. The zero-order valence-electron chi connectivity index (χ0n) is 49.1. The minimum Gasteiger partial charge on any atom is -0.477 e. The zero-order valence-corrected chi connectivity index (χ0v) is 49.1. The van der Waals surface area contributed by atoms with Gasteiger partial charge in [-0.25, -0.2) is 4.79 Å². The average Bonchev–Trinajstić information content (AvgIpc) is 3.56. The van der Waals surface area contributed by atoms with E-state index in [4.69, 9.17) is 28.4 Å². The summed E-state index contributed by atoms with van der Waals surface area (Å²) in [6, 6.07) is -2.62. The molecule has 0 aliphatic carbocycles. The van der Waals surface area contributed by atoms with Crippen LogP contribution in [0.5, 0.6) is 0 Å². The monoisotopic (exact) mass is 1180 g/mol. The molecule has 3 fully saturated rings. The number of hydrogen-bond donors (Lipinski definition) is 14. The first-order valence-corrected chi connectivity index (χ1v) is 30.7. The van der Waals surface area contributed by atoms with Crippen molar-refractivity contribution in [3.05, 3.63) is 24.3 Å². The fourth-order valence-corrected chi connectivity index (χ4v) is 10.6. The maximum absolute atomic E-state index is 13.3. The predicted octanol–water partition coefficient (Wildman–Crippen LogP) is 2.94. The lowest BCUT2D eigenvalue weighted by Crippen LogP contribution is -2.70. The van der Waals surface area contributed by atoms with Gasteiger partial charge in [0.15, 0.2) is 12.6 Å². The summed E-state index contributed by atoms with van der Waals surface area (Å²) in [7, 11) is 0. The molecule has 3 aliphatic heterocycles. The van der Waals surface area contributed by atoms with Crippen LogP contribution in [0.15, 0.2) is 24.3 Å². The number of amides is 2. The minimum atomic E-state index is -3.08. The Kier molecular flexibility index (Phi) is 37.0. The Hall–Kier alpha value is -2.79. The number of ether oxygens (including phenoxy) is 6. The number of hydrogen-bond acceptors (Lipinski definition) is 20. The second-order valence-electron chi connectivity index (χ2n) is 22.6. The lowest BCUT2D eigenvalue weighted by molar-refractivity contribution is -0.386. The van der Waals surface area contributed by atoms with E-state index in [1.807, 2.05) is 6.08 Å². The van der Waals surface area contributed by atoms with Gasteiger partial charge in [0.25, 0.3) is 5.79 Å². The fraction of sp³-hybridized carbons (Fsp3) is 0.881. The molecule has 23 heteroatoms. The highest BCUT2D eigenvalue weighted by atomic mass is 16.8. The van der Waals surface area contributed by atoms with Gasteiger partial charge in [-0.15, -0.1) is 0 Å². The van der Waals surface area contributed by atoms with E-state index in [-0.39, 0.29) is 12.3 Å². The highest BCUT2D eigenvalue weighted by molar-refractivity contribution is 5.77. The normalized spacial score (nSPS) is 30.3. The van der Waals surface area contributed by atoms with Crippen molar-refractivity contribution in [2.75, 3.05) is 26.4 Å². The molecule has 14 N–H and O–H groups in total. The van der Waals surface area contributed by atoms with E-state index in [1.165, 1.54) is 89.9 Å². The topological polar surface area (TPSA) is 373 Å². The predicted molar refractivity (Wildman–Crippen MR) is 301 cm³/mol. The maximum Gasteiger partial charge on any atom is 0.364 e. The fourth-order valence-electron chi connectivity index (χ4n) is 10.6. The van der Waals surface area contributed by atoms with E-state index >= 15 is 0 Å². The molecule has 0 aromatic rings. The van der Waals surface area contributed by atoms with Crippen LogP contribution < -0.4 is 10.6 Å². The third-order valence-electron chi connectivity index (χ3n) is 15.6. The van der Waals surface area contributed by atoms with Gasteiger partial charge in [0.2, 0.25) is 11.8 Å². The largest absolute Gasteiger partial charge is 0.477 e. The first-order chi connectivity index (χ1) is 39.4. The number of nitrogens with one attached hydrogen (secondary N) is 2. The van der Waals surface area contributed by atoms with Crippen molar-refractivity contribution in [1.29, 1.82) is 0 Å². The number of rotatable bonds is 44. The molecule has 0 bridgehead atoms. The summed E-state index contributed by atoms with van der Waals surface area (Å²) in [6.45, 7) is 2.06. The highest BCUT2D eigenvalue weighted by Gasteiger charge is 2.60. The second-order valence-corrected chi connectivity index (χ2v) is 22.6. The molecule has 18 unspecified atom stereocenters. The van der Waals surface area contributed by atoms with E-state index in [1.54, 1.807) is 6.08 Å². The van der Waals surface area contributed by atoms with Crippen molar-refractivity contribution in [2.45, 2.75) is 304 Å². The van der Waals surface area contributed by atoms with Crippen molar-refractivity contribution < 1.29 is 104 Å². The molecule has 23 nitrogen and oxygen atoms in total. The SMILES string of the molecule is CCCCC/C=C\CCCCCCCC(=O)NC(COC1OC(CO)C(OC2OC(CO)C(O)C(OC3(C(=O)O)CC(O)C(NC(C)=O)C(C(O)C(O)CO)O3)C2O)C(O)C1O)C(O)/C=C/CCCCCCCCCCCCCCCC. The van der Waals surface area contributed by atoms with Gasteiger partial charge in [0.1, 0.15) is 67.1 Å². The number of aliphatic hydroxyl groups excluding tert-OH is 11. The molecule has 82 heavy (non-hydrogen) atoms. The molecule has 3 saturated heterocycles. The molecule has 3 rings (SSSR count). The Bertz CT molecular complexity index is 1780. The lowest BCUT2D eigenvalue weighted by atomic mass is 9.88. The molecule has 0 spiro atoms. The average molecular weight is 1180 g/mol. The Morgan fingerprint density at radius 3 is 1.68 bits per heavy atom. The standard InChI is InChI=1S/C59H106N2O21/c1-4-6-8-10-12-14-16-18-19-20-21-22-24-26-28-30-32-41(66)40(61-46(69)33-31-29-27-25-23-17-15-13-11-9-7-5-2)38-77-56-51(73)50(72)53(45(37-64)79-56)80-57-52(74)55(49(71)44(36-63)78-57)82-59(58(75)76)34-42(67)47(60-39(3)65)54(81-59)48(70)43(68)35-62/h13,15,30,32,40-45,47-57,62-64,66-68,70-74H,4-12,14,16-29,31,33-38H2,1-3H3,(H,60,65)(H,61,69)(H,75,76)/b15-13-,32-30+. The molecular formula is C59H106N2O21. The van der Waals surface area contributed by atoms with Gasteiger partial charge in [-0.05, 0) is 44.9 Å². The molecule has 478 valence electrons. The number of carbonyl (C=O) groups is 3. The molecule has 0 aromatic carbocycles. The third kappa shape index (κ3) is 25.3. The van der Waals surface area contributed by atoms with Gasteiger partial charge in [-0.1, -0.05) is 154 Å². The van der Waals surface area contributed by atoms with Gasteiger partial charge in [-0.2, -0.15) is 0 Å². The van der Waals surface area contributed by atoms with Gasteiger partial charge < -0.3 is 100 Å². The molecule has 0 aromatic heterocycles. The third-order valence-corrected chi connectivity index (χ3v) is 15.6. The second kappa shape index (κ2) is 41.3. The van der Waals surface area contributed by atoms with Gasteiger partial charge in [0, 0.05) is 19.8 Å². The first kappa shape index (κ1) is 73.5. The van der Waals surface area contributed by atoms with Crippen molar-refractivity contribution >= 4 is 17.8 Å². The molecule has 2 amide bonds. The minimum absolute atomic E-state index is 0.190. The lowest BCUT2D eigenvalue weighted by Gasteiger charge is -2.50. The van der Waals surface area contributed by atoms with Gasteiger partial charge in [0.05, 0.1) is 50.7 Å². The van der Waals surface area contributed by atoms with Crippen molar-refractivity contribution in [3.63, 3.8) is 0 Å². The summed E-state index contributed by atoms with van der Waals surface area (Å²) in [6.07, 6.45) is 6.75. The zero-order chi connectivity index (χ0) is 60.5. The van der Waals surface area contributed by atoms with E-state index in [0.29, 0.717) is 12.8 Å². The Labute approximate surface area is 485 Å². The van der Waals surface area contributed by atoms with Crippen molar-refractivity contribution in [3.8, 4) is 0 Å². The summed E-state index contributed by atoms with van der Waals surface area (Å²) in [5.41, 5.74) is 0. The number of unbranched alkanes of at least 4 members (excludes halogenated alkanes) is 22. The number of aliphatic carboxylic acids is 1. The van der Waals surface area contributed by atoms with Crippen LogP contribution in [0.3, 0.4) is 0 Å². The van der Waals surface area contributed by atoms with E-state index in [0.717, 1.165) is 64.7 Å². The van der Waals surface area contributed by atoms with E-state index in [9.17, 15) is 75.7 Å². The van der Waals surface area contributed by atoms with Crippen LogP contribution in [0.4, 0.5) is 0 Å². The van der Waals surface area contributed by atoms with Crippen LogP contribution in [0.2, 0.25) is 0 Å². The number of aliphatic hydroxyl groups is 11. The summed E-state index contributed by atoms with van der Waals surface area (Å²) >= 11 is 0. The molecule has 0 saturated carbocycles. The molecule has 18 atom stereocenters. The number of carboxylic acids is 1. The Morgan fingerprint density at radius 1 is 0.634 bits per heavy atom. The van der Waals surface area contributed by atoms with Gasteiger partial charge in [-0.3, -0.25) is 9.59 Å².